The number of piperidine rings is 1. The summed E-state index contributed by atoms with van der Waals surface area (Å²) in [6.07, 6.45) is 3.59. The fraction of sp³-hybridized carbons (Fsp3) is 0.526. The maximum absolute atomic E-state index is 12.0. The van der Waals surface area contributed by atoms with Gasteiger partial charge in [0.1, 0.15) is 11.7 Å². The molecule has 0 spiro atoms. The van der Waals surface area contributed by atoms with Crippen molar-refractivity contribution in [3.05, 3.63) is 34.9 Å². The van der Waals surface area contributed by atoms with Crippen LogP contribution in [0, 0.1) is 0 Å². The van der Waals surface area contributed by atoms with Crippen LogP contribution in [0.2, 0.25) is 5.02 Å². The summed E-state index contributed by atoms with van der Waals surface area (Å²) in [5, 5.41) is 11.9. The second-order valence-electron chi connectivity index (χ2n) is 7.46. The molecule has 144 valence electrons. The van der Waals surface area contributed by atoms with Gasteiger partial charge in [-0.2, -0.15) is 0 Å². The summed E-state index contributed by atoms with van der Waals surface area (Å²) in [5.74, 6) is 1.68. The van der Waals surface area contributed by atoms with E-state index in [9.17, 15) is 4.79 Å². The molecule has 2 saturated heterocycles. The third-order valence-electron chi connectivity index (χ3n) is 5.65. The molecule has 1 aromatic rings. The monoisotopic (exact) mass is 388 g/mol. The van der Waals surface area contributed by atoms with E-state index in [4.69, 9.17) is 17.3 Å². The number of amidine groups is 2. The van der Waals surface area contributed by atoms with Crippen LogP contribution in [0.1, 0.15) is 24.8 Å². The number of hydrogen-bond acceptors (Lipinski definition) is 6. The molecule has 2 fully saturated rings. The van der Waals surface area contributed by atoms with E-state index in [2.05, 4.69) is 37.5 Å². The predicted octanol–water partition coefficient (Wildman–Crippen LogP) is 1.22. The molecule has 0 aromatic heterocycles. The van der Waals surface area contributed by atoms with Gasteiger partial charge in [-0.15, -0.1) is 10.2 Å². The average molecular weight is 389 g/mol. The van der Waals surface area contributed by atoms with Gasteiger partial charge in [0.2, 0.25) is 5.91 Å². The Balaban J connectivity index is 1.39. The molecule has 1 amide bonds. The number of hydrogen-bond donors (Lipinski definition) is 2. The molecule has 1 atom stereocenters. The summed E-state index contributed by atoms with van der Waals surface area (Å²) in [7, 11) is 0. The van der Waals surface area contributed by atoms with Gasteiger partial charge in [0.15, 0.2) is 0 Å². The van der Waals surface area contributed by atoms with Crippen LogP contribution in [0.25, 0.3) is 0 Å². The predicted molar refractivity (Wildman–Crippen MR) is 107 cm³/mol. The van der Waals surface area contributed by atoms with Gasteiger partial charge in [-0.1, -0.05) is 23.7 Å². The molecule has 1 aromatic carbocycles. The Hall–Kier alpha value is -2.12. The molecule has 0 bridgehead atoms. The first-order valence-corrected chi connectivity index (χ1v) is 9.87. The van der Waals surface area contributed by atoms with E-state index in [1.165, 1.54) is 5.56 Å². The molecular weight excluding hydrogens is 364 g/mol. The number of likely N-dealkylation sites (tertiary alicyclic amines) is 1. The minimum Gasteiger partial charge on any atom is -0.385 e. The van der Waals surface area contributed by atoms with Crippen LogP contribution in [-0.2, 0) is 11.2 Å². The first-order chi connectivity index (χ1) is 13.1. The van der Waals surface area contributed by atoms with Crippen molar-refractivity contribution in [1.82, 2.24) is 15.1 Å². The Bertz CT molecular complexity index is 754. The normalized spacial score (nSPS) is 24.6. The van der Waals surface area contributed by atoms with Crippen LogP contribution < -0.4 is 11.1 Å². The number of nitrogens with two attached hydrogens (primary N) is 1. The van der Waals surface area contributed by atoms with Gasteiger partial charge in [-0.3, -0.25) is 9.69 Å². The Morgan fingerprint density at radius 1 is 1.19 bits per heavy atom. The molecule has 27 heavy (non-hydrogen) atoms. The molecule has 7 nitrogen and oxygen atoms in total. The first-order valence-electron chi connectivity index (χ1n) is 9.49. The molecule has 3 aliphatic rings. The van der Waals surface area contributed by atoms with Crippen LogP contribution in [0.3, 0.4) is 0 Å². The quantitative estimate of drug-likeness (QED) is 0.815. The fourth-order valence-electron chi connectivity index (χ4n) is 4.19. The number of rotatable bonds is 3. The van der Waals surface area contributed by atoms with Gasteiger partial charge in [-0.05, 0) is 37.0 Å². The molecule has 0 saturated carbocycles. The smallest absolute Gasteiger partial charge is 0.234 e. The lowest BCUT2D eigenvalue weighted by Gasteiger charge is -2.44. The topological polar surface area (TPSA) is 86.3 Å². The SMILES string of the molecule is NC1=NN=C(N2CCC(N3CC(=O)NCC3Cc3ccc(Cl)cc3)CC2)C1. The van der Waals surface area contributed by atoms with E-state index in [-0.39, 0.29) is 5.91 Å². The molecule has 4 rings (SSSR count). The van der Waals surface area contributed by atoms with E-state index < -0.39 is 0 Å². The standard InChI is InChI=1S/C19H25ClN6O/c20-14-3-1-13(2-4-14)9-16-11-22-19(27)12-26(16)15-5-7-25(8-6-15)18-10-17(21)23-24-18/h1-4,15-16H,5-12H2,(H2,21,23)(H,22,27). The highest BCUT2D eigenvalue weighted by molar-refractivity contribution is 6.30. The molecule has 0 radical (unpaired) electrons. The molecule has 1 unspecified atom stereocenters. The number of carbonyl (C=O) groups excluding carboxylic acids is 1. The lowest BCUT2D eigenvalue weighted by atomic mass is 9.96. The van der Waals surface area contributed by atoms with E-state index in [0.29, 0.717) is 37.4 Å². The van der Waals surface area contributed by atoms with Crippen LogP contribution >= 0.6 is 11.6 Å². The van der Waals surface area contributed by atoms with Gasteiger partial charge in [0.25, 0.3) is 0 Å². The number of amides is 1. The molecule has 0 aliphatic carbocycles. The highest BCUT2D eigenvalue weighted by Gasteiger charge is 2.34. The van der Waals surface area contributed by atoms with Gasteiger partial charge >= 0.3 is 0 Å². The minimum atomic E-state index is 0.117. The first kappa shape index (κ1) is 18.3. The second kappa shape index (κ2) is 7.86. The van der Waals surface area contributed by atoms with Crippen molar-refractivity contribution >= 4 is 29.2 Å². The molecule has 3 heterocycles. The molecule has 8 heteroatoms. The van der Waals surface area contributed by atoms with Crippen molar-refractivity contribution in [2.45, 2.75) is 37.8 Å². The van der Waals surface area contributed by atoms with Crippen molar-refractivity contribution in [1.29, 1.82) is 0 Å². The third kappa shape index (κ3) is 4.25. The van der Waals surface area contributed by atoms with Crippen LogP contribution in [-0.4, -0.2) is 65.6 Å². The number of piperazine rings is 1. The van der Waals surface area contributed by atoms with Crippen molar-refractivity contribution in [2.24, 2.45) is 15.9 Å². The summed E-state index contributed by atoms with van der Waals surface area (Å²) in [6, 6.07) is 8.71. The van der Waals surface area contributed by atoms with Crippen molar-refractivity contribution in [3.8, 4) is 0 Å². The van der Waals surface area contributed by atoms with Crippen LogP contribution in [0.4, 0.5) is 0 Å². The van der Waals surface area contributed by atoms with Crippen LogP contribution in [0.5, 0.6) is 0 Å². The van der Waals surface area contributed by atoms with E-state index in [0.717, 1.165) is 43.2 Å². The van der Waals surface area contributed by atoms with Gasteiger partial charge in [-0.25, -0.2) is 0 Å². The van der Waals surface area contributed by atoms with Gasteiger partial charge < -0.3 is 16.0 Å². The summed E-state index contributed by atoms with van der Waals surface area (Å²) >= 11 is 6.00. The maximum Gasteiger partial charge on any atom is 0.234 e. The molecule has 3 aliphatic heterocycles. The zero-order valence-corrected chi connectivity index (χ0v) is 16.0. The second-order valence-corrected chi connectivity index (χ2v) is 7.90. The van der Waals surface area contributed by atoms with E-state index >= 15 is 0 Å². The number of benzene rings is 1. The largest absolute Gasteiger partial charge is 0.385 e. The Morgan fingerprint density at radius 2 is 1.93 bits per heavy atom. The summed E-state index contributed by atoms with van der Waals surface area (Å²) in [5.41, 5.74) is 6.99. The zero-order chi connectivity index (χ0) is 18.8. The molecular formula is C19H25ClN6O. The van der Waals surface area contributed by atoms with E-state index in [1.54, 1.807) is 0 Å². The highest BCUT2D eigenvalue weighted by atomic mass is 35.5. The Labute approximate surface area is 164 Å². The van der Waals surface area contributed by atoms with Gasteiger partial charge in [0.05, 0.1) is 13.0 Å². The van der Waals surface area contributed by atoms with Crippen molar-refractivity contribution in [2.75, 3.05) is 26.2 Å². The fourth-order valence-corrected chi connectivity index (χ4v) is 4.32. The third-order valence-corrected chi connectivity index (χ3v) is 5.90. The highest BCUT2D eigenvalue weighted by Crippen LogP contribution is 2.24. The number of nitrogens with one attached hydrogen (secondary N) is 1. The Kier molecular flexibility index (Phi) is 5.31. The Morgan fingerprint density at radius 3 is 2.59 bits per heavy atom. The maximum atomic E-state index is 12.0. The zero-order valence-electron chi connectivity index (χ0n) is 15.3. The summed E-state index contributed by atoms with van der Waals surface area (Å²) in [4.78, 5) is 16.7. The van der Waals surface area contributed by atoms with Crippen molar-refractivity contribution < 1.29 is 4.79 Å². The average Bonchev–Trinajstić information content (AvgIpc) is 3.11. The number of carbonyl (C=O) groups is 1. The molecule has 3 N–H and O–H groups in total. The van der Waals surface area contributed by atoms with Gasteiger partial charge in [0, 0.05) is 36.7 Å². The van der Waals surface area contributed by atoms with Crippen LogP contribution in [0.15, 0.2) is 34.5 Å². The van der Waals surface area contributed by atoms with Crippen molar-refractivity contribution in [3.63, 3.8) is 0 Å². The van der Waals surface area contributed by atoms with E-state index in [1.807, 2.05) is 12.1 Å². The minimum absolute atomic E-state index is 0.117. The lowest BCUT2D eigenvalue weighted by molar-refractivity contribution is -0.127. The lowest BCUT2D eigenvalue weighted by Crippen LogP contribution is -2.60. The number of nitrogens with zero attached hydrogens (tertiary/aromatic N) is 4. The summed E-state index contributed by atoms with van der Waals surface area (Å²) in [6.45, 7) is 3.02. The number of halogens is 1. The summed E-state index contributed by atoms with van der Waals surface area (Å²) < 4.78 is 0.